The van der Waals surface area contributed by atoms with Crippen molar-refractivity contribution in [3.05, 3.63) is 81.2 Å². The Labute approximate surface area is 283 Å². The summed E-state index contributed by atoms with van der Waals surface area (Å²) in [6, 6.07) is 12.9. The van der Waals surface area contributed by atoms with Gasteiger partial charge in [-0.25, -0.2) is 14.2 Å². The number of rotatable bonds is 7. The third-order valence-corrected chi connectivity index (χ3v) is 9.41. The van der Waals surface area contributed by atoms with E-state index in [2.05, 4.69) is 0 Å². The molecule has 0 bridgehead atoms. The fourth-order valence-electron chi connectivity index (χ4n) is 6.42. The van der Waals surface area contributed by atoms with Crippen molar-refractivity contribution in [1.29, 1.82) is 0 Å². The highest BCUT2D eigenvalue weighted by atomic mass is 35.5. The lowest BCUT2D eigenvalue weighted by atomic mass is 10.0. The van der Waals surface area contributed by atoms with Gasteiger partial charge in [0.2, 0.25) is 0 Å². The molecule has 2 aromatic carbocycles. The van der Waals surface area contributed by atoms with Gasteiger partial charge < -0.3 is 24.0 Å². The predicted molar refractivity (Wildman–Crippen MR) is 178 cm³/mol. The second-order valence-corrected chi connectivity index (χ2v) is 13.7. The van der Waals surface area contributed by atoms with E-state index < -0.39 is 11.6 Å². The summed E-state index contributed by atoms with van der Waals surface area (Å²) in [7, 11) is 1.54. The summed E-state index contributed by atoms with van der Waals surface area (Å²) in [5.41, 5.74) is 2.27. The molecule has 0 spiro atoms. The van der Waals surface area contributed by atoms with Gasteiger partial charge in [-0.3, -0.25) is 9.20 Å². The van der Waals surface area contributed by atoms with Gasteiger partial charge >= 0.3 is 6.09 Å². The number of aryl methyl sites for hydroxylation is 1. The van der Waals surface area contributed by atoms with Crippen LogP contribution in [0, 0.1) is 12.7 Å². The molecule has 1 fully saturated rings. The maximum atomic E-state index is 14.9. The summed E-state index contributed by atoms with van der Waals surface area (Å²) in [6.45, 7) is 8.22. The monoisotopic (exact) mass is 682 g/mol. The van der Waals surface area contributed by atoms with Crippen LogP contribution in [-0.2, 0) is 4.74 Å². The summed E-state index contributed by atoms with van der Waals surface area (Å²) in [6.07, 6.45) is 1.75. The highest BCUT2D eigenvalue weighted by molar-refractivity contribution is 6.43. The van der Waals surface area contributed by atoms with Gasteiger partial charge in [0.15, 0.2) is 11.6 Å². The number of methoxy groups -OCH3 is 1. The third kappa shape index (κ3) is 6.33. The van der Waals surface area contributed by atoms with E-state index in [1.54, 1.807) is 64.6 Å². The second-order valence-electron chi connectivity index (χ2n) is 12.9. The maximum absolute atomic E-state index is 14.9. The van der Waals surface area contributed by atoms with E-state index in [1.807, 2.05) is 26.8 Å². The zero-order valence-electron chi connectivity index (χ0n) is 27.0. The number of benzene rings is 2. The van der Waals surface area contributed by atoms with Crippen LogP contribution in [0.3, 0.4) is 0 Å². The van der Waals surface area contributed by atoms with E-state index in [0.717, 1.165) is 18.4 Å². The molecular formula is C35H37Cl2FN4O5. The van der Waals surface area contributed by atoms with Crippen molar-refractivity contribution in [3.8, 4) is 22.9 Å². The number of halogens is 3. The summed E-state index contributed by atoms with van der Waals surface area (Å²) >= 11 is 12.8. The number of hydrogen-bond acceptors (Lipinski definition) is 6. The molecule has 2 atom stereocenters. The zero-order valence-corrected chi connectivity index (χ0v) is 28.5. The Balaban J connectivity index is 1.43. The molecule has 2 aliphatic rings. The molecule has 6 rings (SSSR count). The summed E-state index contributed by atoms with van der Waals surface area (Å²) < 4.78 is 33.6. The first-order chi connectivity index (χ1) is 22.4. The topological polar surface area (TPSA) is 85.6 Å². The maximum Gasteiger partial charge on any atom is 0.410 e. The van der Waals surface area contributed by atoms with Crippen LogP contribution in [0.1, 0.15) is 67.7 Å². The number of nitrogens with zero attached hydrogens (tertiary/aromatic N) is 4. The number of likely N-dealkylation sites (tertiary alicyclic amines) is 1. The first-order valence-corrected chi connectivity index (χ1v) is 16.4. The van der Waals surface area contributed by atoms with Gasteiger partial charge in [-0.2, -0.15) is 0 Å². The zero-order chi connectivity index (χ0) is 33.6. The first kappa shape index (κ1) is 32.9. The van der Waals surface area contributed by atoms with Gasteiger partial charge in [-0.1, -0.05) is 35.3 Å². The lowest BCUT2D eigenvalue weighted by Crippen LogP contribution is -2.43. The number of carbonyl (C=O) groups is 2. The molecule has 2 aromatic heterocycles. The Kier molecular flexibility index (Phi) is 9.02. The van der Waals surface area contributed by atoms with E-state index in [9.17, 15) is 14.0 Å². The molecule has 2 aliphatic heterocycles. The standard InChI is InChI=1S/C35H37Cl2FN4O5/c1-20-18-21(11-14-25(20)38)31-30(39-27-9-6-10-28(45-5)42(27)31)33(43)41(26-19-46-32-23(26)12-13-24(36)29(32)37)17-15-22-8-7-16-40(22)34(44)47-35(2,3)4/h6,9-14,18,22,26H,7-8,15-17,19H2,1-5H3/t22-,26?/m1/s1. The molecule has 0 radical (unpaired) electrons. The van der Waals surface area contributed by atoms with Crippen molar-refractivity contribution in [1.82, 2.24) is 19.2 Å². The minimum absolute atomic E-state index is 0.129. The van der Waals surface area contributed by atoms with Crippen LogP contribution in [0.25, 0.3) is 16.9 Å². The lowest BCUT2D eigenvalue weighted by molar-refractivity contribution is 0.0208. The van der Waals surface area contributed by atoms with Gasteiger partial charge in [0.05, 0.1) is 23.9 Å². The van der Waals surface area contributed by atoms with Crippen molar-refractivity contribution in [2.75, 3.05) is 26.8 Å². The molecule has 1 unspecified atom stereocenters. The number of ether oxygens (including phenoxy) is 3. The summed E-state index contributed by atoms with van der Waals surface area (Å²) in [5.74, 6) is 0.184. The van der Waals surface area contributed by atoms with Gasteiger partial charge in [-0.05, 0) is 88.9 Å². The molecule has 12 heteroatoms. The molecule has 1 saturated heterocycles. The van der Waals surface area contributed by atoms with E-state index in [4.69, 9.17) is 42.4 Å². The first-order valence-electron chi connectivity index (χ1n) is 15.6. The largest absolute Gasteiger partial charge is 0.489 e. The second kappa shape index (κ2) is 12.9. The molecular weight excluding hydrogens is 646 g/mol. The van der Waals surface area contributed by atoms with Crippen molar-refractivity contribution in [3.63, 3.8) is 0 Å². The van der Waals surface area contributed by atoms with Crippen LogP contribution in [0.4, 0.5) is 9.18 Å². The normalized spacial score (nSPS) is 17.5. The quantitative estimate of drug-likeness (QED) is 0.196. The van der Waals surface area contributed by atoms with Crippen LogP contribution in [0.15, 0.2) is 48.5 Å². The van der Waals surface area contributed by atoms with Crippen molar-refractivity contribution in [2.45, 2.75) is 64.6 Å². The number of aromatic nitrogens is 2. The van der Waals surface area contributed by atoms with E-state index in [0.29, 0.717) is 52.1 Å². The Morgan fingerprint density at radius 3 is 2.66 bits per heavy atom. The van der Waals surface area contributed by atoms with E-state index in [1.165, 1.54) is 6.07 Å². The molecule has 4 aromatic rings. The molecule has 47 heavy (non-hydrogen) atoms. The minimum Gasteiger partial charge on any atom is -0.489 e. The number of pyridine rings is 1. The van der Waals surface area contributed by atoms with Crippen molar-refractivity contribution >= 4 is 40.8 Å². The summed E-state index contributed by atoms with van der Waals surface area (Å²) in [5, 5.41) is 0.634. The SMILES string of the molecule is COc1cccc2nc(C(=O)N(CC[C@H]3CCCN3C(=O)OC(C)(C)C)C3COc4c3ccc(Cl)c4Cl)c(-c3ccc(F)c(C)c3)n12. The average molecular weight is 684 g/mol. The number of hydrogen-bond donors (Lipinski definition) is 0. The smallest absolute Gasteiger partial charge is 0.410 e. The number of amides is 2. The van der Waals surface area contributed by atoms with Gasteiger partial charge in [-0.15, -0.1) is 0 Å². The van der Waals surface area contributed by atoms with E-state index >= 15 is 0 Å². The van der Waals surface area contributed by atoms with Crippen LogP contribution in [0.2, 0.25) is 10.0 Å². The minimum atomic E-state index is -0.628. The van der Waals surface area contributed by atoms with Crippen LogP contribution < -0.4 is 9.47 Å². The van der Waals surface area contributed by atoms with Crippen LogP contribution >= 0.6 is 23.2 Å². The van der Waals surface area contributed by atoms with Crippen molar-refractivity contribution < 1.29 is 28.2 Å². The summed E-state index contributed by atoms with van der Waals surface area (Å²) in [4.78, 5) is 36.3. The van der Waals surface area contributed by atoms with Crippen LogP contribution in [-0.4, -0.2) is 69.6 Å². The Morgan fingerprint density at radius 2 is 1.94 bits per heavy atom. The Hall–Kier alpha value is -4.02. The fourth-order valence-corrected chi connectivity index (χ4v) is 6.79. The molecule has 9 nitrogen and oxygen atoms in total. The molecule has 0 aliphatic carbocycles. The number of carbonyl (C=O) groups excluding carboxylic acids is 2. The average Bonchev–Trinajstić information content (AvgIpc) is 3.77. The number of fused-ring (bicyclic) bond motifs is 2. The van der Waals surface area contributed by atoms with Crippen molar-refractivity contribution in [2.24, 2.45) is 0 Å². The highest BCUT2D eigenvalue weighted by Gasteiger charge is 2.39. The number of imidazole rings is 1. The fraction of sp³-hybridized carbons (Fsp3) is 0.400. The lowest BCUT2D eigenvalue weighted by Gasteiger charge is -2.32. The van der Waals surface area contributed by atoms with Gasteiger partial charge in [0.25, 0.3) is 5.91 Å². The predicted octanol–water partition coefficient (Wildman–Crippen LogP) is 8.13. The Morgan fingerprint density at radius 1 is 1.15 bits per heavy atom. The van der Waals surface area contributed by atoms with Gasteiger partial charge in [0, 0.05) is 30.3 Å². The highest BCUT2D eigenvalue weighted by Crippen LogP contribution is 2.45. The molecule has 2 amide bonds. The van der Waals surface area contributed by atoms with E-state index in [-0.39, 0.29) is 47.7 Å². The molecule has 248 valence electrons. The van der Waals surface area contributed by atoms with Gasteiger partial charge in [0.1, 0.15) is 34.4 Å². The molecule has 0 saturated carbocycles. The van der Waals surface area contributed by atoms with Crippen LogP contribution in [0.5, 0.6) is 11.6 Å². The third-order valence-electron chi connectivity index (χ3n) is 8.62. The Bertz CT molecular complexity index is 1860. The molecule has 0 N–H and O–H groups in total. The molecule has 4 heterocycles.